The fourth-order valence-corrected chi connectivity index (χ4v) is 4.04. The number of halogens is 2. The summed E-state index contributed by atoms with van der Waals surface area (Å²) in [7, 11) is 0. The van der Waals surface area contributed by atoms with Crippen LogP contribution in [0.2, 0.25) is 10.0 Å². The number of hydrogen-bond donors (Lipinski definition) is 1. The van der Waals surface area contributed by atoms with Crippen LogP contribution in [0.5, 0.6) is 0 Å². The van der Waals surface area contributed by atoms with Crippen LogP contribution in [0.1, 0.15) is 31.2 Å². The molecule has 22 heavy (non-hydrogen) atoms. The van der Waals surface area contributed by atoms with Gasteiger partial charge < -0.3 is 10.0 Å². The molecule has 0 bridgehead atoms. The maximum Gasteiger partial charge on any atom is 0.306 e. The van der Waals surface area contributed by atoms with Crippen LogP contribution in [0, 0.1) is 5.92 Å². The quantitative estimate of drug-likeness (QED) is 0.917. The lowest BCUT2D eigenvalue weighted by Gasteiger charge is -2.33. The van der Waals surface area contributed by atoms with Gasteiger partial charge in [-0.2, -0.15) is 0 Å². The first-order chi connectivity index (χ1) is 10.5. The number of benzene rings is 1. The van der Waals surface area contributed by atoms with Crippen LogP contribution in [-0.4, -0.2) is 35.0 Å². The van der Waals surface area contributed by atoms with Gasteiger partial charge in [-0.3, -0.25) is 9.59 Å². The van der Waals surface area contributed by atoms with Crippen molar-refractivity contribution < 1.29 is 14.7 Å². The molecular weight excluding hydrogens is 325 g/mol. The molecule has 4 nitrogen and oxygen atoms in total. The number of carboxylic acids is 1. The molecule has 1 heterocycles. The molecule has 1 amide bonds. The highest BCUT2D eigenvalue weighted by atomic mass is 35.5. The van der Waals surface area contributed by atoms with Crippen molar-refractivity contribution in [3.63, 3.8) is 0 Å². The van der Waals surface area contributed by atoms with Crippen molar-refractivity contribution in [3.8, 4) is 0 Å². The van der Waals surface area contributed by atoms with Gasteiger partial charge >= 0.3 is 5.97 Å². The minimum Gasteiger partial charge on any atom is -0.481 e. The van der Waals surface area contributed by atoms with E-state index in [1.54, 1.807) is 23.1 Å². The molecule has 2 fully saturated rings. The molecule has 1 aromatic carbocycles. The van der Waals surface area contributed by atoms with Crippen molar-refractivity contribution in [3.05, 3.63) is 33.8 Å². The Hall–Kier alpha value is -1.26. The summed E-state index contributed by atoms with van der Waals surface area (Å²) in [5.74, 6) is -1.09. The van der Waals surface area contributed by atoms with E-state index in [1.807, 2.05) is 0 Å². The molecule has 0 spiro atoms. The number of carbonyl (C=O) groups excluding carboxylic acids is 1. The zero-order valence-corrected chi connectivity index (χ0v) is 13.5. The van der Waals surface area contributed by atoms with E-state index in [-0.39, 0.29) is 11.8 Å². The third kappa shape index (κ3) is 2.59. The van der Waals surface area contributed by atoms with Crippen molar-refractivity contribution in [1.29, 1.82) is 0 Å². The molecule has 1 aromatic rings. The number of carbonyl (C=O) groups is 2. The van der Waals surface area contributed by atoms with Crippen LogP contribution in [0.4, 0.5) is 0 Å². The normalized spacial score (nSPS) is 20.7. The van der Waals surface area contributed by atoms with Gasteiger partial charge in [0.1, 0.15) is 0 Å². The van der Waals surface area contributed by atoms with E-state index in [0.717, 1.165) is 18.4 Å². The second-order valence-corrected chi connectivity index (χ2v) is 6.90. The largest absolute Gasteiger partial charge is 0.481 e. The van der Waals surface area contributed by atoms with Gasteiger partial charge in [0.15, 0.2) is 0 Å². The molecule has 0 unspecified atom stereocenters. The van der Waals surface area contributed by atoms with Crippen LogP contribution in [0.25, 0.3) is 0 Å². The van der Waals surface area contributed by atoms with Crippen molar-refractivity contribution in [2.24, 2.45) is 5.92 Å². The summed E-state index contributed by atoms with van der Waals surface area (Å²) in [6.07, 6.45) is 2.50. The van der Waals surface area contributed by atoms with Gasteiger partial charge in [-0.15, -0.1) is 0 Å². The molecule has 0 aromatic heterocycles. The molecule has 3 rings (SSSR count). The smallest absolute Gasteiger partial charge is 0.306 e. The van der Waals surface area contributed by atoms with E-state index >= 15 is 0 Å². The highest BCUT2D eigenvalue weighted by Gasteiger charge is 2.55. The fraction of sp³-hybridized carbons (Fsp3) is 0.500. The van der Waals surface area contributed by atoms with Crippen LogP contribution >= 0.6 is 23.2 Å². The Labute approximate surface area is 139 Å². The summed E-state index contributed by atoms with van der Waals surface area (Å²) in [6.45, 7) is 0.971. The van der Waals surface area contributed by atoms with Crippen molar-refractivity contribution in [1.82, 2.24) is 4.90 Å². The minimum atomic E-state index is -0.776. The first-order valence-electron chi connectivity index (χ1n) is 7.42. The second kappa shape index (κ2) is 5.74. The van der Waals surface area contributed by atoms with Crippen molar-refractivity contribution in [2.45, 2.75) is 31.1 Å². The number of aliphatic carboxylic acids is 1. The molecule has 1 saturated carbocycles. The van der Waals surface area contributed by atoms with E-state index in [4.69, 9.17) is 28.3 Å². The number of likely N-dealkylation sites (tertiary alicyclic amines) is 1. The van der Waals surface area contributed by atoms with Gasteiger partial charge in [-0.05, 0) is 37.8 Å². The summed E-state index contributed by atoms with van der Waals surface area (Å²) in [5, 5.41) is 10.1. The van der Waals surface area contributed by atoms with E-state index in [9.17, 15) is 9.59 Å². The second-order valence-electron chi connectivity index (χ2n) is 6.08. The number of nitrogens with zero attached hydrogens (tertiary/aromatic N) is 1. The van der Waals surface area contributed by atoms with Crippen molar-refractivity contribution in [2.75, 3.05) is 13.1 Å². The Bertz CT molecular complexity index is 600. The lowest BCUT2D eigenvalue weighted by atomic mass is 9.91. The highest BCUT2D eigenvalue weighted by Crippen LogP contribution is 2.54. The van der Waals surface area contributed by atoms with Crippen molar-refractivity contribution >= 4 is 35.1 Å². The molecule has 1 aliphatic carbocycles. The van der Waals surface area contributed by atoms with E-state index in [0.29, 0.717) is 36.0 Å². The number of amides is 1. The zero-order chi connectivity index (χ0) is 15.9. The summed E-state index contributed by atoms with van der Waals surface area (Å²) < 4.78 is 0. The average Bonchev–Trinajstić information content (AvgIpc) is 3.28. The molecule has 0 radical (unpaired) electrons. The predicted molar refractivity (Wildman–Crippen MR) is 84.3 cm³/mol. The maximum absolute atomic E-state index is 12.9. The molecule has 1 saturated heterocycles. The molecule has 1 N–H and O–H groups in total. The minimum absolute atomic E-state index is 0.0336. The summed E-state index contributed by atoms with van der Waals surface area (Å²) in [5.41, 5.74) is 0.120. The first kappa shape index (κ1) is 15.6. The Balaban J connectivity index is 1.80. The van der Waals surface area contributed by atoms with Gasteiger partial charge in [0.25, 0.3) is 0 Å². The van der Waals surface area contributed by atoms with Crippen LogP contribution in [0.3, 0.4) is 0 Å². The van der Waals surface area contributed by atoms with E-state index < -0.39 is 11.4 Å². The Morgan fingerprint density at radius 1 is 1.14 bits per heavy atom. The summed E-state index contributed by atoms with van der Waals surface area (Å²) in [6, 6.07) is 5.28. The molecule has 2 aliphatic rings. The monoisotopic (exact) mass is 341 g/mol. The van der Waals surface area contributed by atoms with E-state index in [2.05, 4.69) is 0 Å². The Morgan fingerprint density at radius 2 is 1.68 bits per heavy atom. The summed E-state index contributed by atoms with van der Waals surface area (Å²) >= 11 is 12.5. The number of rotatable bonds is 3. The fourth-order valence-electron chi connectivity index (χ4n) is 3.28. The molecule has 6 heteroatoms. The Kier molecular flexibility index (Phi) is 4.08. The van der Waals surface area contributed by atoms with Crippen LogP contribution < -0.4 is 0 Å². The molecule has 1 aliphatic heterocycles. The van der Waals surface area contributed by atoms with Gasteiger partial charge in [-0.1, -0.05) is 29.3 Å². The molecular formula is C16H17Cl2NO3. The van der Waals surface area contributed by atoms with Crippen LogP contribution in [-0.2, 0) is 15.0 Å². The highest BCUT2D eigenvalue weighted by molar-refractivity contribution is 6.36. The predicted octanol–water partition coefficient (Wildman–Crippen LogP) is 3.35. The number of hydrogen-bond acceptors (Lipinski definition) is 2. The first-order valence-corrected chi connectivity index (χ1v) is 8.18. The van der Waals surface area contributed by atoms with E-state index in [1.165, 1.54) is 0 Å². The topological polar surface area (TPSA) is 57.6 Å². The third-order valence-electron chi connectivity index (χ3n) is 4.73. The standard InChI is InChI=1S/C16H17Cl2NO3/c17-11-2-1-3-12(18)13(11)16(6-7-16)15(22)19-8-4-10(5-9-19)14(20)21/h1-3,10H,4-9H2,(H,20,21). The van der Waals surface area contributed by atoms with Gasteiger partial charge in [-0.25, -0.2) is 0 Å². The SMILES string of the molecule is O=C(O)C1CCN(C(=O)C2(c3c(Cl)cccc3Cl)CC2)CC1. The van der Waals surface area contributed by atoms with Gasteiger partial charge in [0.2, 0.25) is 5.91 Å². The lowest BCUT2D eigenvalue weighted by molar-refractivity contribution is -0.146. The van der Waals surface area contributed by atoms with Gasteiger partial charge in [0.05, 0.1) is 11.3 Å². The molecule has 0 atom stereocenters. The lowest BCUT2D eigenvalue weighted by Crippen LogP contribution is -2.45. The zero-order valence-electron chi connectivity index (χ0n) is 12.0. The average molecular weight is 342 g/mol. The van der Waals surface area contributed by atoms with Gasteiger partial charge in [0, 0.05) is 28.7 Å². The molecule has 118 valence electrons. The number of piperidine rings is 1. The third-order valence-corrected chi connectivity index (χ3v) is 5.36. The summed E-state index contributed by atoms with van der Waals surface area (Å²) in [4.78, 5) is 25.7. The maximum atomic E-state index is 12.9. The Morgan fingerprint density at radius 3 is 2.14 bits per heavy atom. The van der Waals surface area contributed by atoms with Crippen LogP contribution in [0.15, 0.2) is 18.2 Å². The number of carboxylic acid groups (broad SMARTS) is 1.